The minimum atomic E-state index is -0.0587. The highest BCUT2D eigenvalue weighted by Gasteiger charge is 2.12. The Morgan fingerprint density at radius 3 is 2.32 bits per heavy atom. The van der Waals surface area contributed by atoms with Crippen molar-refractivity contribution in [1.29, 1.82) is 0 Å². The minimum absolute atomic E-state index is 0.0587. The first-order chi connectivity index (χ1) is 10.8. The summed E-state index contributed by atoms with van der Waals surface area (Å²) in [6.45, 7) is 0. The van der Waals surface area contributed by atoms with Gasteiger partial charge < -0.3 is 0 Å². The molecule has 106 valence electrons. The lowest BCUT2D eigenvalue weighted by atomic mass is 10.1. The second kappa shape index (κ2) is 4.97. The zero-order valence-electron chi connectivity index (χ0n) is 11.5. The first-order valence-electron chi connectivity index (χ1n) is 6.90. The van der Waals surface area contributed by atoms with Crippen LogP contribution in [0.5, 0.6) is 0 Å². The molecule has 0 aliphatic carbocycles. The lowest BCUT2D eigenvalue weighted by molar-refractivity contribution is 1.06. The van der Waals surface area contributed by atoms with Crippen LogP contribution in [0.3, 0.4) is 0 Å². The molecule has 3 nitrogen and oxygen atoms in total. The van der Waals surface area contributed by atoms with Crippen molar-refractivity contribution < 1.29 is 0 Å². The minimum Gasteiger partial charge on any atom is -0.276 e. The van der Waals surface area contributed by atoms with Crippen molar-refractivity contribution >= 4 is 33.3 Å². The van der Waals surface area contributed by atoms with E-state index in [0.29, 0.717) is 10.5 Å². The van der Waals surface area contributed by atoms with Gasteiger partial charge in [-0.25, -0.2) is 4.98 Å². The van der Waals surface area contributed by atoms with Gasteiger partial charge in [0, 0.05) is 28.7 Å². The number of pyridine rings is 2. The molecule has 0 aliphatic heterocycles. The molecule has 0 saturated carbocycles. The third-order valence-corrected chi connectivity index (χ3v) is 3.96. The molecule has 0 radical (unpaired) electrons. The summed E-state index contributed by atoms with van der Waals surface area (Å²) in [5, 5.41) is 2.83. The molecule has 22 heavy (non-hydrogen) atoms. The van der Waals surface area contributed by atoms with Gasteiger partial charge in [0.05, 0.1) is 5.52 Å². The largest absolute Gasteiger partial charge is 0.276 e. The van der Waals surface area contributed by atoms with Crippen LogP contribution in [0.25, 0.3) is 27.4 Å². The average molecular weight is 307 g/mol. The van der Waals surface area contributed by atoms with E-state index in [1.54, 1.807) is 16.8 Å². The quantitative estimate of drug-likeness (QED) is 0.390. The van der Waals surface area contributed by atoms with Crippen LogP contribution in [-0.2, 0) is 0 Å². The van der Waals surface area contributed by atoms with Gasteiger partial charge in [0.15, 0.2) is 0 Å². The predicted molar refractivity (Wildman–Crippen MR) is 89.9 cm³/mol. The summed E-state index contributed by atoms with van der Waals surface area (Å²) >= 11 is 6.06. The van der Waals surface area contributed by atoms with Crippen molar-refractivity contribution in [2.75, 3.05) is 0 Å². The molecular weight excluding hydrogens is 296 g/mol. The lowest BCUT2D eigenvalue weighted by Gasteiger charge is -2.13. The van der Waals surface area contributed by atoms with E-state index in [9.17, 15) is 4.79 Å². The number of benzene rings is 2. The van der Waals surface area contributed by atoms with Crippen LogP contribution >= 0.6 is 11.6 Å². The Labute approximate surface area is 131 Å². The Balaban J connectivity index is 2.29. The second-order valence-corrected chi connectivity index (χ2v) is 5.43. The Kier molecular flexibility index (Phi) is 2.94. The van der Waals surface area contributed by atoms with Crippen molar-refractivity contribution in [2.45, 2.75) is 0 Å². The summed E-state index contributed by atoms with van der Waals surface area (Å²) in [5.41, 5.74) is 1.51. The van der Waals surface area contributed by atoms with E-state index in [0.717, 1.165) is 22.0 Å². The van der Waals surface area contributed by atoms with Crippen molar-refractivity contribution in [3.8, 4) is 5.69 Å². The van der Waals surface area contributed by atoms with Gasteiger partial charge in [0.1, 0.15) is 5.15 Å². The molecule has 0 aliphatic rings. The molecule has 0 fully saturated rings. The zero-order valence-corrected chi connectivity index (χ0v) is 12.3. The standard InChI is InChI=1S/C18H11ClN2O/c19-17-10-16-15(11-20-17)13-8-4-5-9-14(13)18(22)21(16)12-6-2-1-3-7-12/h1-11H. The Morgan fingerprint density at radius 1 is 0.864 bits per heavy atom. The highest BCUT2D eigenvalue weighted by Crippen LogP contribution is 2.25. The van der Waals surface area contributed by atoms with E-state index in [4.69, 9.17) is 11.6 Å². The molecule has 0 amide bonds. The summed E-state index contributed by atoms with van der Waals surface area (Å²) < 4.78 is 1.69. The highest BCUT2D eigenvalue weighted by atomic mass is 35.5. The Morgan fingerprint density at radius 2 is 1.55 bits per heavy atom. The van der Waals surface area contributed by atoms with Gasteiger partial charge in [0.25, 0.3) is 5.56 Å². The third kappa shape index (κ3) is 1.90. The third-order valence-electron chi connectivity index (χ3n) is 3.75. The smallest absolute Gasteiger partial charge is 0.263 e. The monoisotopic (exact) mass is 306 g/mol. The van der Waals surface area contributed by atoms with Crippen molar-refractivity contribution in [1.82, 2.24) is 9.55 Å². The Hall–Kier alpha value is -2.65. The molecule has 4 rings (SSSR count). The maximum absolute atomic E-state index is 13.0. The van der Waals surface area contributed by atoms with Gasteiger partial charge in [-0.1, -0.05) is 48.0 Å². The topological polar surface area (TPSA) is 34.9 Å². The SMILES string of the molecule is O=c1c2ccccc2c2cnc(Cl)cc2n1-c1ccccc1. The normalized spacial score (nSPS) is 11.1. The van der Waals surface area contributed by atoms with E-state index in [1.807, 2.05) is 54.6 Å². The first kappa shape index (κ1) is 13.0. The number of para-hydroxylation sites is 1. The van der Waals surface area contributed by atoms with Crippen molar-refractivity contribution in [3.63, 3.8) is 0 Å². The van der Waals surface area contributed by atoms with Gasteiger partial charge >= 0.3 is 0 Å². The van der Waals surface area contributed by atoms with Crippen LogP contribution in [-0.4, -0.2) is 9.55 Å². The molecule has 2 aromatic heterocycles. The molecule has 2 heterocycles. The molecule has 0 spiro atoms. The van der Waals surface area contributed by atoms with Gasteiger partial charge in [-0.05, 0) is 23.6 Å². The fraction of sp³-hybridized carbons (Fsp3) is 0. The molecule has 0 unspecified atom stereocenters. The second-order valence-electron chi connectivity index (χ2n) is 5.05. The molecule has 4 aromatic rings. The molecule has 0 bridgehead atoms. The van der Waals surface area contributed by atoms with E-state index in [2.05, 4.69) is 4.98 Å². The van der Waals surface area contributed by atoms with Crippen LogP contribution < -0.4 is 5.56 Å². The van der Waals surface area contributed by atoms with E-state index in [-0.39, 0.29) is 5.56 Å². The maximum atomic E-state index is 13.0. The summed E-state index contributed by atoms with van der Waals surface area (Å²) in [6.07, 6.45) is 1.72. The Bertz CT molecular complexity index is 1060. The lowest BCUT2D eigenvalue weighted by Crippen LogP contribution is -2.19. The molecular formula is C18H11ClN2O. The van der Waals surface area contributed by atoms with Crippen molar-refractivity contribution in [2.24, 2.45) is 0 Å². The average Bonchev–Trinajstić information content (AvgIpc) is 2.56. The first-order valence-corrected chi connectivity index (χ1v) is 7.28. The zero-order chi connectivity index (χ0) is 15.1. The molecule has 2 aromatic carbocycles. The summed E-state index contributed by atoms with van der Waals surface area (Å²) in [6, 6.07) is 18.8. The van der Waals surface area contributed by atoms with E-state index >= 15 is 0 Å². The van der Waals surface area contributed by atoms with E-state index < -0.39 is 0 Å². The number of hydrogen-bond acceptors (Lipinski definition) is 2. The number of halogens is 1. The van der Waals surface area contributed by atoms with Crippen LogP contribution in [0.15, 0.2) is 71.7 Å². The summed E-state index contributed by atoms with van der Waals surface area (Å²) in [4.78, 5) is 17.1. The van der Waals surface area contributed by atoms with Gasteiger partial charge in [0.2, 0.25) is 0 Å². The fourth-order valence-corrected chi connectivity index (χ4v) is 2.93. The van der Waals surface area contributed by atoms with Crippen molar-refractivity contribution in [3.05, 3.63) is 82.4 Å². The van der Waals surface area contributed by atoms with Crippen LogP contribution in [0.4, 0.5) is 0 Å². The van der Waals surface area contributed by atoms with Gasteiger partial charge in [-0.15, -0.1) is 0 Å². The number of aromatic nitrogens is 2. The van der Waals surface area contributed by atoms with Gasteiger partial charge in [-0.3, -0.25) is 9.36 Å². The van der Waals surface area contributed by atoms with Crippen LogP contribution in [0.2, 0.25) is 5.15 Å². The molecule has 0 N–H and O–H groups in total. The van der Waals surface area contributed by atoms with Crippen LogP contribution in [0, 0.1) is 0 Å². The summed E-state index contributed by atoms with van der Waals surface area (Å²) in [7, 11) is 0. The number of nitrogens with zero attached hydrogens (tertiary/aromatic N) is 2. The number of hydrogen-bond donors (Lipinski definition) is 0. The molecule has 4 heteroatoms. The molecule has 0 saturated heterocycles. The highest BCUT2D eigenvalue weighted by molar-refractivity contribution is 6.30. The molecule has 0 atom stereocenters. The predicted octanol–water partition coefficient (Wildman–Crippen LogP) is 4.19. The fourth-order valence-electron chi connectivity index (χ4n) is 2.78. The number of fused-ring (bicyclic) bond motifs is 3. The number of rotatable bonds is 1. The van der Waals surface area contributed by atoms with Crippen LogP contribution in [0.1, 0.15) is 0 Å². The van der Waals surface area contributed by atoms with Gasteiger partial charge in [-0.2, -0.15) is 0 Å². The maximum Gasteiger partial charge on any atom is 0.263 e. The van der Waals surface area contributed by atoms with E-state index in [1.165, 1.54) is 0 Å². The summed E-state index contributed by atoms with van der Waals surface area (Å²) in [5.74, 6) is 0.